The topological polar surface area (TPSA) is 207 Å². The molecule has 33 heavy (non-hydrogen) atoms. The highest BCUT2D eigenvalue weighted by Crippen LogP contribution is 2.35. The molecular formula is C21H24O12. The zero-order valence-corrected chi connectivity index (χ0v) is 17.1. The molecule has 180 valence electrons. The standard InChI is InChI=1S/C21H24O12/c22-11-2-1-9(5-12(11)23)3-4-31-21-19(29)18(28)17(27)15(33-21)8-32-20(30)10-6-13(24)16(26)14(25)7-10/h1-2,5-7,15,17-19,21-29H,3-4,8H2. The number of hydrogen-bond acceptors (Lipinski definition) is 12. The Morgan fingerprint density at radius 2 is 1.52 bits per heavy atom. The van der Waals surface area contributed by atoms with Crippen molar-refractivity contribution in [3.05, 3.63) is 41.5 Å². The molecule has 12 nitrogen and oxygen atoms in total. The molecule has 1 aliphatic rings. The van der Waals surface area contributed by atoms with Gasteiger partial charge in [0.05, 0.1) is 12.2 Å². The molecule has 1 saturated heterocycles. The van der Waals surface area contributed by atoms with Gasteiger partial charge in [-0.05, 0) is 36.2 Å². The molecule has 2 aromatic rings. The monoisotopic (exact) mass is 468 g/mol. The molecule has 3 rings (SSSR count). The second kappa shape index (κ2) is 10.1. The lowest BCUT2D eigenvalue weighted by Crippen LogP contribution is -2.59. The summed E-state index contributed by atoms with van der Waals surface area (Å²) in [4.78, 5) is 12.2. The first-order valence-corrected chi connectivity index (χ1v) is 9.82. The van der Waals surface area contributed by atoms with Gasteiger partial charge in [0.15, 0.2) is 35.0 Å². The van der Waals surface area contributed by atoms with Crippen LogP contribution in [0.2, 0.25) is 0 Å². The number of hydrogen-bond donors (Lipinski definition) is 8. The summed E-state index contributed by atoms with van der Waals surface area (Å²) in [7, 11) is 0. The van der Waals surface area contributed by atoms with E-state index in [4.69, 9.17) is 14.2 Å². The largest absolute Gasteiger partial charge is 0.504 e. The van der Waals surface area contributed by atoms with Crippen molar-refractivity contribution >= 4 is 5.97 Å². The summed E-state index contributed by atoms with van der Waals surface area (Å²) in [6, 6.07) is 5.91. The Labute approximate surface area is 187 Å². The zero-order valence-electron chi connectivity index (χ0n) is 17.1. The molecule has 5 unspecified atom stereocenters. The lowest BCUT2D eigenvalue weighted by Gasteiger charge is -2.40. The number of carbonyl (C=O) groups excluding carboxylic acids is 1. The summed E-state index contributed by atoms with van der Waals surface area (Å²) in [6.45, 7) is -0.592. The van der Waals surface area contributed by atoms with Gasteiger partial charge >= 0.3 is 5.97 Å². The first-order valence-electron chi connectivity index (χ1n) is 9.82. The van der Waals surface area contributed by atoms with Crippen LogP contribution in [0.5, 0.6) is 28.7 Å². The summed E-state index contributed by atoms with van der Waals surface area (Å²) in [5, 5.41) is 77.6. The molecule has 0 bridgehead atoms. The van der Waals surface area contributed by atoms with Gasteiger partial charge in [0, 0.05) is 0 Å². The normalized spacial score (nSPS) is 25.0. The van der Waals surface area contributed by atoms with Crippen LogP contribution >= 0.6 is 0 Å². The van der Waals surface area contributed by atoms with Crippen LogP contribution in [0.3, 0.4) is 0 Å². The number of benzene rings is 2. The van der Waals surface area contributed by atoms with Gasteiger partial charge in [0.2, 0.25) is 0 Å². The number of phenols is 5. The third-order valence-electron chi connectivity index (χ3n) is 5.07. The van der Waals surface area contributed by atoms with E-state index >= 15 is 0 Å². The number of carbonyl (C=O) groups is 1. The van der Waals surface area contributed by atoms with Crippen LogP contribution in [0.4, 0.5) is 0 Å². The molecule has 0 saturated carbocycles. The van der Waals surface area contributed by atoms with Crippen LogP contribution in [-0.4, -0.2) is 90.7 Å². The second-order valence-electron chi connectivity index (χ2n) is 7.42. The highest BCUT2D eigenvalue weighted by atomic mass is 16.7. The van der Waals surface area contributed by atoms with Gasteiger partial charge in [0.1, 0.15) is 31.0 Å². The van der Waals surface area contributed by atoms with Gasteiger partial charge in [-0.2, -0.15) is 0 Å². The molecule has 1 heterocycles. The van der Waals surface area contributed by atoms with E-state index in [9.17, 15) is 45.6 Å². The van der Waals surface area contributed by atoms with Crippen LogP contribution in [-0.2, 0) is 20.6 Å². The van der Waals surface area contributed by atoms with Gasteiger partial charge in [-0.25, -0.2) is 4.79 Å². The van der Waals surface area contributed by atoms with Crippen molar-refractivity contribution < 1.29 is 59.9 Å². The van der Waals surface area contributed by atoms with Crippen LogP contribution in [0.15, 0.2) is 30.3 Å². The van der Waals surface area contributed by atoms with Crippen molar-refractivity contribution in [3.63, 3.8) is 0 Å². The summed E-state index contributed by atoms with van der Waals surface area (Å²) in [6.07, 6.45) is -7.30. The Morgan fingerprint density at radius 3 is 2.15 bits per heavy atom. The maximum Gasteiger partial charge on any atom is 0.338 e. The van der Waals surface area contributed by atoms with E-state index in [2.05, 4.69) is 0 Å². The number of esters is 1. The first-order chi connectivity index (χ1) is 15.6. The number of phenolic OH excluding ortho intramolecular Hbond substituents is 5. The average Bonchev–Trinajstić information content (AvgIpc) is 2.78. The molecule has 8 N–H and O–H groups in total. The minimum Gasteiger partial charge on any atom is -0.504 e. The minimum absolute atomic E-state index is 0.0205. The van der Waals surface area contributed by atoms with Gasteiger partial charge in [-0.15, -0.1) is 0 Å². The van der Waals surface area contributed by atoms with Crippen molar-refractivity contribution in [3.8, 4) is 28.7 Å². The number of aromatic hydroxyl groups is 5. The molecule has 2 aromatic carbocycles. The quantitative estimate of drug-likeness (QED) is 0.190. The molecule has 1 aliphatic heterocycles. The second-order valence-corrected chi connectivity index (χ2v) is 7.42. The molecule has 0 radical (unpaired) electrons. The zero-order chi connectivity index (χ0) is 24.3. The Kier molecular flexibility index (Phi) is 7.46. The van der Waals surface area contributed by atoms with Crippen LogP contribution < -0.4 is 0 Å². The number of rotatable bonds is 7. The Balaban J connectivity index is 1.58. The van der Waals surface area contributed by atoms with E-state index in [0.717, 1.165) is 12.1 Å². The minimum atomic E-state index is -1.67. The number of ether oxygens (including phenoxy) is 3. The van der Waals surface area contributed by atoms with Crippen molar-refractivity contribution in [2.45, 2.75) is 37.1 Å². The van der Waals surface area contributed by atoms with Crippen molar-refractivity contribution in [1.82, 2.24) is 0 Å². The summed E-state index contributed by atoms with van der Waals surface area (Å²) >= 11 is 0. The lowest BCUT2D eigenvalue weighted by atomic mass is 9.99. The Hall–Kier alpha value is -3.29. The van der Waals surface area contributed by atoms with E-state index in [1.165, 1.54) is 12.1 Å². The molecule has 0 spiro atoms. The summed E-state index contributed by atoms with van der Waals surface area (Å²) in [5.74, 6) is -3.91. The van der Waals surface area contributed by atoms with Crippen LogP contribution in [0.1, 0.15) is 15.9 Å². The van der Waals surface area contributed by atoms with Crippen LogP contribution in [0.25, 0.3) is 0 Å². The van der Waals surface area contributed by atoms with Gasteiger partial charge in [-0.3, -0.25) is 0 Å². The number of aliphatic hydroxyl groups excluding tert-OH is 3. The average molecular weight is 468 g/mol. The Morgan fingerprint density at radius 1 is 0.848 bits per heavy atom. The summed E-state index contributed by atoms with van der Waals surface area (Å²) < 4.78 is 15.9. The van der Waals surface area contributed by atoms with Crippen molar-refractivity contribution in [2.75, 3.05) is 13.2 Å². The van der Waals surface area contributed by atoms with E-state index < -0.39 is 60.5 Å². The predicted octanol–water partition coefficient (Wildman–Crippen LogP) is -0.562. The first kappa shape index (κ1) is 24.4. The van der Waals surface area contributed by atoms with E-state index in [1.807, 2.05) is 0 Å². The van der Waals surface area contributed by atoms with Crippen LogP contribution in [0, 0.1) is 0 Å². The molecule has 1 fully saturated rings. The molecule has 0 aromatic heterocycles. The van der Waals surface area contributed by atoms with E-state index in [-0.39, 0.29) is 30.1 Å². The lowest BCUT2D eigenvalue weighted by molar-refractivity contribution is -0.300. The smallest absolute Gasteiger partial charge is 0.338 e. The van der Waals surface area contributed by atoms with Crippen molar-refractivity contribution in [1.29, 1.82) is 0 Å². The third kappa shape index (κ3) is 5.56. The maximum atomic E-state index is 12.2. The predicted molar refractivity (Wildman–Crippen MR) is 108 cm³/mol. The SMILES string of the molecule is O=C(OCC1OC(OCCc2ccc(O)c(O)c2)C(O)C(O)C1O)c1cc(O)c(O)c(O)c1. The maximum absolute atomic E-state index is 12.2. The molecule has 0 aliphatic carbocycles. The Bertz CT molecular complexity index is 970. The summed E-state index contributed by atoms with van der Waals surface area (Å²) in [5.41, 5.74) is 0.320. The highest BCUT2D eigenvalue weighted by Gasteiger charge is 2.44. The third-order valence-corrected chi connectivity index (χ3v) is 5.07. The van der Waals surface area contributed by atoms with Gasteiger partial charge in [0.25, 0.3) is 0 Å². The van der Waals surface area contributed by atoms with E-state index in [0.29, 0.717) is 5.56 Å². The highest BCUT2D eigenvalue weighted by molar-refractivity contribution is 5.91. The van der Waals surface area contributed by atoms with Crippen molar-refractivity contribution in [2.24, 2.45) is 0 Å². The van der Waals surface area contributed by atoms with Gasteiger partial charge in [-0.1, -0.05) is 6.07 Å². The molecule has 0 amide bonds. The molecule has 5 atom stereocenters. The molecular weight excluding hydrogens is 444 g/mol. The fraction of sp³-hybridized carbons (Fsp3) is 0.381. The molecule has 12 heteroatoms. The van der Waals surface area contributed by atoms with E-state index in [1.54, 1.807) is 6.07 Å². The number of aliphatic hydroxyl groups is 3. The fourth-order valence-electron chi connectivity index (χ4n) is 3.17. The fourth-order valence-corrected chi connectivity index (χ4v) is 3.17. The van der Waals surface area contributed by atoms with Gasteiger partial charge < -0.3 is 55.1 Å².